The van der Waals surface area contributed by atoms with Gasteiger partial charge in [-0.15, -0.1) is 11.3 Å². The standard InChI is InChI=1S/C34H41N7O4S/c1-19(2)31(41-16-25(15-38-41)24-9-10-36-30(11-24)45-28-12-26(35)13-28)34(44)40-17-27(42)14-29(40)33(43)39-20(3)22-5-7-23(8-6-22)32-21(4)37-18-46-32/h5-11,15-16,18-20,26-29,31,42H,12-14,17,35H2,1-4H3,(H,39,43)/t20-,26?,27+,28?,29-,31+/m0/s1. The number of amides is 2. The number of aliphatic hydroxyl groups excluding tert-OH is 1. The van der Waals surface area contributed by atoms with Crippen molar-refractivity contribution in [3.8, 4) is 27.4 Å². The molecule has 1 aromatic carbocycles. The van der Waals surface area contributed by atoms with Gasteiger partial charge in [-0.25, -0.2) is 9.97 Å². The Morgan fingerprint density at radius 3 is 2.50 bits per heavy atom. The van der Waals surface area contributed by atoms with Crippen LogP contribution in [0.3, 0.4) is 0 Å². The summed E-state index contributed by atoms with van der Waals surface area (Å²) >= 11 is 1.60. The first-order valence-corrected chi connectivity index (χ1v) is 16.7. The fourth-order valence-corrected chi connectivity index (χ4v) is 7.05. The third-order valence-corrected chi connectivity index (χ3v) is 9.88. The minimum atomic E-state index is -0.793. The predicted octanol–water partition coefficient (Wildman–Crippen LogP) is 4.28. The number of hydrogen-bond acceptors (Lipinski definition) is 9. The Bertz CT molecular complexity index is 1680. The van der Waals surface area contributed by atoms with Crippen molar-refractivity contribution in [3.05, 3.63) is 71.8 Å². The number of aliphatic hydroxyl groups is 1. The second kappa shape index (κ2) is 13.3. The van der Waals surface area contributed by atoms with Crippen LogP contribution in [0.15, 0.2) is 60.5 Å². The number of thiazole rings is 1. The van der Waals surface area contributed by atoms with Crippen LogP contribution in [-0.4, -0.2) is 72.4 Å². The second-order valence-electron chi connectivity index (χ2n) is 12.8. The number of aryl methyl sites for hydroxylation is 1. The number of aromatic nitrogens is 4. The molecule has 1 saturated heterocycles. The maximum atomic E-state index is 14.1. The Hall–Kier alpha value is -4.13. The van der Waals surface area contributed by atoms with E-state index in [1.807, 2.05) is 75.8 Å². The summed E-state index contributed by atoms with van der Waals surface area (Å²) in [5.74, 6) is -0.141. The quantitative estimate of drug-likeness (QED) is 0.232. The molecule has 11 nitrogen and oxygen atoms in total. The van der Waals surface area contributed by atoms with E-state index in [1.165, 1.54) is 4.90 Å². The van der Waals surface area contributed by atoms with Crippen LogP contribution in [0.4, 0.5) is 0 Å². The molecule has 1 aliphatic heterocycles. The maximum Gasteiger partial charge on any atom is 0.248 e. The van der Waals surface area contributed by atoms with Gasteiger partial charge in [0.1, 0.15) is 18.2 Å². The topological polar surface area (TPSA) is 148 Å². The predicted molar refractivity (Wildman–Crippen MR) is 176 cm³/mol. The summed E-state index contributed by atoms with van der Waals surface area (Å²) in [5.41, 5.74) is 12.4. The van der Waals surface area contributed by atoms with Crippen molar-refractivity contribution in [2.24, 2.45) is 11.7 Å². The number of likely N-dealkylation sites (tertiary alicyclic amines) is 1. The molecule has 4 heterocycles. The second-order valence-corrected chi connectivity index (χ2v) is 13.6. The summed E-state index contributed by atoms with van der Waals surface area (Å²) in [6, 6.07) is 10.2. The number of nitrogens with zero attached hydrogens (tertiary/aromatic N) is 5. The van der Waals surface area contributed by atoms with Crippen LogP contribution < -0.4 is 15.8 Å². The van der Waals surface area contributed by atoms with Gasteiger partial charge in [-0.2, -0.15) is 5.10 Å². The Morgan fingerprint density at radius 2 is 1.83 bits per heavy atom. The van der Waals surface area contributed by atoms with Crippen molar-refractivity contribution in [1.82, 2.24) is 30.0 Å². The summed E-state index contributed by atoms with van der Waals surface area (Å²) in [5, 5.41) is 18.2. The number of rotatable bonds is 10. The SMILES string of the molecule is Cc1ncsc1-c1ccc([C@H](C)NC(=O)[C@@H]2C[C@@H](O)CN2C(=O)[C@@H](C(C)C)n2cc(-c3ccnc(OC4CC(N)C4)c3)cn2)cc1. The zero-order valence-corrected chi connectivity index (χ0v) is 27.4. The van der Waals surface area contributed by atoms with E-state index in [-0.39, 0.29) is 48.9 Å². The fraction of sp³-hybridized carbons (Fsp3) is 0.441. The highest BCUT2D eigenvalue weighted by atomic mass is 32.1. The molecule has 2 amide bonds. The van der Waals surface area contributed by atoms with Crippen LogP contribution in [0.1, 0.15) is 63.4 Å². The molecular weight excluding hydrogens is 602 g/mol. The first kappa shape index (κ1) is 31.8. The minimum absolute atomic E-state index is 0.0754. The van der Waals surface area contributed by atoms with Crippen molar-refractivity contribution >= 4 is 23.2 Å². The Kier molecular flexibility index (Phi) is 9.21. The highest BCUT2D eigenvalue weighted by Crippen LogP contribution is 2.31. The average Bonchev–Trinajstić information content (AvgIpc) is 3.76. The zero-order valence-electron chi connectivity index (χ0n) is 26.5. The minimum Gasteiger partial charge on any atom is -0.474 e. The Morgan fingerprint density at radius 1 is 1.07 bits per heavy atom. The van der Waals surface area contributed by atoms with Crippen molar-refractivity contribution in [2.45, 2.75) is 83.3 Å². The van der Waals surface area contributed by atoms with Crippen molar-refractivity contribution in [1.29, 1.82) is 0 Å². The van der Waals surface area contributed by atoms with Gasteiger partial charge >= 0.3 is 0 Å². The molecule has 242 valence electrons. The van der Waals surface area contributed by atoms with Crippen molar-refractivity contribution < 1.29 is 19.4 Å². The molecule has 12 heteroatoms. The number of hydrogen-bond donors (Lipinski definition) is 3. The molecule has 0 spiro atoms. The number of benzene rings is 1. The van der Waals surface area contributed by atoms with E-state index in [4.69, 9.17) is 10.5 Å². The molecule has 1 saturated carbocycles. The van der Waals surface area contributed by atoms with Gasteiger partial charge in [0, 0.05) is 43.0 Å². The molecule has 4 atom stereocenters. The highest BCUT2D eigenvalue weighted by molar-refractivity contribution is 7.13. The molecule has 3 aromatic heterocycles. The largest absolute Gasteiger partial charge is 0.474 e. The molecule has 4 aromatic rings. The van der Waals surface area contributed by atoms with Gasteiger partial charge in [0.05, 0.1) is 34.4 Å². The molecule has 0 bridgehead atoms. The van der Waals surface area contributed by atoms with E-state index < -0.39 is 18.2 Å². The van der Waals surface area contributed by atoms with E-state index in [9.17, 15) is 14.7 Å². The number of nitrogens with two attached hydrogens (primary N) is 1. The number of nitrogens with one attached hydrogen (secondary N) is 1. The van der Waals surface area contributed by atoms with Crippen LogP contribution in [0.25, 0.3) is 21.6 Å². The van der Waals surface area contributed by atoms with E-state index in [1.54, 1.807) is 28.4 Å². The lowest BCUT2D eigenvalue weighted by molar-refractivity contribution is -0.142. The van der Waals surface area contributed by atoms with Crippen molar-refractivity contribution in [3.63, 3.8) is 0 Å². The third-order valence-electron chi connectivity index (χ3n) is 8.90. The van der Waals surface area contributed by atoms with Gasteiger partial charge in [0.15, 0.2) is 0 Å². The van der Waals surface area contributed by atoms with E-state index in [2.05, 4.69) is 20.4 Å². The van der Waals surface area contributed by atoms with Crippen LogP contribution >= 0.6 is 11.3 Å². The Labute approximate surface area is 272 Å². The molecule has 4 N–H and O–H groups in total. The number of carbonyl (C=O) groups is 2. The van der Waals surface area contributed by atoms with Crippen LogP contribution in [0, 0.1) is 12.8 Å². The summed E-state index contributed by atoms with van der Waals surface area (Å²) in [6.07, 6.45) is 6.32. The molecule has 6 rings (SSSR count). The monoisotopic (exact) mass is 643 g/mol. The van der Waals surface area contributed by atoms with Crippen LogP contribution in [0.5, 0.6) is 5.88 Å². The van der Waals surface area contributed by atoms with Gasteiger partial charge in [-0.05, 0) is 55.4 Å². The Balaban J connectivity index is 1.14. The van der Waals surface area contributed by atoms with Crippen LogP contribution in [-0.2, 0) is 9.59 Å². The first-order chi connectivity index (χ1) is 22.1. The lowest BCUT2D eigenvalue weighted by Crippen LogP contribution is -2.49. The summed E-state index contributed by atoms with van der Waals surface area (Å²) < 4.78 is 7.62. The third kappa shape index (κ3) is 6.69. The van der Waals surface area contributed by atoms with Gasteiger partial charge in [-0.3, -0.25) is 14.3 Å². The van der Waals surface area contributed by atoms with Gasteiger partial charge in [0.25, 0.3) is 0 Å². The molecule has 1 aliphatic carbocycles. The maximum absolute atomic E-state index is 14.1. The molecule has 2 aliphatic rings. The van der Waals surface area contributed by atoms with Gasteiger partial charge in [-0.1, -0.05) is 38.1 Å². The van der Waals surface area contributed by atoms with E-state index >= 15 is 0 Å². The number of β-amino-alcohol motifs (C(OH)–C–C–N with tert-alkyl or cyclic N) is 1. The summed E-state index contributed by atoms with van der Waals surface area (Å²) in [6.45, 7) is 7.89. The zero-order chi connectivity index (χ0) is 32.5. The lowest BCUT2D eigenvalue weighted by Gasteiger charge is -2.32. The smallest absolute Gasteiger partial charge is 0.248 e. The fourth-order valence-electron chi connectivity index (χ4n) is 6.24. The van der Waals surface area contributed by atoms with E-state index in [0.717, 1.165) is 45.7 Å². The first-order valence-electron chi connectivity index (χ1n) is 15.8. The molecular formula is C34H41N7O4S. The number of ether oxygens (including phenoxy) is 1. The summed E-state index contributed by atoms with van der Waals surface area (Å²) in [7, 11) is 0. The number of pyridine rings is 1. The molecule has 2 fully saturated rings. The van der Waals surface area contributed by atoms with Gasteiger partial charge < -0.3 is 25.8 Å². The van der Waals surface area contributed by atoms with Gasteiger partial charge in [0.2, 0.25) is 17.7 Å². The highest BCUT2D eigenvalue weighted by Gasteiger charge is 2.43. The number of carbonyl (C=O) groups excluding carboxylic acids is 2. The van der Waals surface area contributed by atoms with Crippen LogP contribution in [0.2, 0.25) is 0 Å². The van der Waals surface area contributed by atoms with Crippen molar-refractivity contribution in [2.75, 3.05) is 6.54 Å². The average molecular weight is 644 g/mol. The molecule has 0 unspecified atom stereocenters. The summed E-state index contributed by atoms with van der Waals surface area (Å²) in [4.78, 5) is 39.0. The lowest BCUT2D eigenvalue weighted by atomic mass is 9.90. The molecule has 46 heavy (non-hydrogen) atoms. The molecule has 0 radical (unpaired) electrons. The van der Waals surface area contributed by atoms with E-state index in [0.29, 0.717) is 5.88 Å². The normalized spacial score (nSPS) is 22.4.